The van der Waals surface area contributed by atoms with E-state index in [0.29, 0.717) is 6.54 Å². The second-order valence-corrected chi connectivity index (χ2v) is 3.92. The Hall–Kier alpha value is -1.39. The number of benzene rings is 1. The summed E-state index contributed by atoms with van der Waals surface area (Å²) in [6.07, 6.45) is 0. The lowest BCUT2D eigenvalue weighted by Gasteiger charge is -2.24. The van der Waals surface area contributed by atoms with Gasteiger partial charge in [0.2, 0.25) is 5.91 Å². The quantitative estimate of drug-likeness (QED) is 0.668. The van der Waals surface area contributed by atoms with Crippen LogP contribution in [0.15, 0.2) is 30.3 Å². The molecule has 1 aromatic rings. The molecule has 1 amide bonds. The molecule has 88 valence electrons. The third kappa shape index (κ3) is 3.64. The van der Waals surface area contributed by atoms with E-state index in [9.17, 15) is 9.90 Å². The van der Waals surface area contributed by atoms with Crippen LogP contribution in [0.4, 0.5) is 0 Å². The van der Waals surface area contributed by atoms with Crippen LogP contribution in [0.25, 0.3) is 0 Å². The average Bonchev–Trinajstić information content (AvgIpc) is 2.30. The molecule has 0 aliphatic heterocycles. The van der Waals surface area contributed by atoms with Gasteiger partial charge in [0, 0.05) is 13.6 Å². The number of likely N-dealkylation sites (N-methyl/N-ethyl adjacent to an activating group) is 1. The van der Waals surface area contributed by atoms with Gasteiger partial charge in [-0.15, -0.1) is 0 Å². The number of carbonyl (C=O) groups is 1. The van der Waals surface area contributed by atoms with Crippen LogP contribution in [0.5, 0.6) is 0 Å². The summed E-state index contributed by atoms with van der Waals surface area (Å²) < 4.78 is 0. The van der Waals surface area contributed by atoms with E-state index >= 15 is 0 Å². The van der Waals surface area contributed by atoms with Gasteiger partial charge in [-0.2, -0.15) is 0 Å². The SMILES string of the molecule is CNC(=O)CNCC(C)(O)c1ccccc1. The molecule has 3 N–H and O–H groups in total. The summed E-state index contributed by atoms with van der Waals surface area (Å²) in [6, 6.07) is 9.38. The van der Waals surface area contributed by atoms with Gasteiger partial charge in [-0.1, -0.05) is 30.3 Å². The molecule has 0 fully saturated rings. The van der Waals surface area contributed by atoms with E-state index in [4.69, 9.17) is 0 Å². The van der Waals surface area contributed by atoms with Crippen molar-refractivity contribution in [2.75, 3.05) is 20.1 Å². The van der Waals surface area contributed by atoms with Gasteiger partial charge in [0.15, 0.2) is 0 Å². The smallest absolute Gasteiger partial charge is 0.233 e. The van der Waals surface area contributed by atoms with Crippen molar-refractivity contribution >= 4 is 5.91 Å². The van der Waals surface area contributed by atoms with Gasteiger partial charge in [-0.05, 0) is 12.5 Å². The molecule has 1 unspecified atom stereocenters. The molecule has 0 aromatic heterocycles. The number of hydrogen-bond donors (Lipinski definition) is 3. The number of rotatable bonds is 5. The monoisotopic (exact) mass is 222 g/mol. The van der Waals surface area contributed by atoms with Crippen LogP contribution in [-0.2, 0) is 10.4 Å². The third-order valence-corrected chi connectivity index (χ3v) is 2.43. The number of hydrogen-bond acceptors (Lipinski definition) is 3. The fourth-order valence-corrected chi connectivity index (χ4v) is 1.41. The number of carbonyl (C=O) groups excluding carboxylic acids is 1. The molecule has 0 bridgehead atoms. The minimum absolute atomic E-state index is 0.0936. The molecular formula is C12H18N2O2. The molecule has 16 heavy (non-hydrogen) atoms. The zero-order valence-electron chi connectivity index (χ0n) is 9.66. The average molecular weight is 222 g/mol. The molecule has 0 aliphatic rings. The van der Waals surface area contributed by atoms with Gasteiger partial charge >= 0.3 is 0 Å². The van der Waals surface area contributed by atoms with Crippen LogP contribution in [0, 0.1) is 0 Å². The van der Waals surface area contributed by atoms with Crippen LogP contribution < -0.4 is 10.6 Å². The fourth-order valence-electron chi connectivity index (χ4n) is 1.41. The molecule has 1 rings (SSSR count). The van der Waals surface area contributed by atoms with E-state index in [1.165, 1.54) is 0 Å². The normalized spacial score (nSPS) is 14.2. The maximum absolute atomic E-state index is 11.0. The topological polar surface area (TPSA) is 61.4 Å². The Morgan fingerprint density at radius 3 is 2.56 bits per heavy atom. The van der Waals surface area contributed by atoms with E-state index < -0.39 is 5.60 Å². The molecule has 0 saturated heterocycles. The zero-order valence-corrected chi connectivity index (χ0v) is 9.66. The Labute approximate surface area is 95.7 Å². The van der Waals surface area contributed by atoms with E-state index in [0.717, 1.165) is 5.56 Å². The van der Waals surface area contributed by atoms with Crippen molar-refractivity contribution in [1.29, 1.82) is 0 Å². The minimum atomic E-state index is -0.963. The fraction of sp³-hybridized carbons (Fsp3) is 0.417. The maximum atomic E-state index is 11.0. The molecule has 0 spiro atoms. The summed E-state index contributed by atoms with van der Waals surface area (Å²) >= 11 is 0. The summed E-state index contributed by atoms with van der Waals surface area (Å²) in [6.45, 7) is 2.27. The van der Waals surface area contributed by atoms with Crippen molar-refractivity contribution in [1.82, 2.24) is 10.6 Å². The van der Waals surface area contributed by atoms with Gasteiger partial charge in [-0.25, -0.2) is 0 Å². The van der Waals surface area contributed by atoms with Crippen molar-refractivity contribution < 1.29 is 9.90 Å². The molecule has 0 saturated carbocycles. The van der Waals surface area contributed by atoms with Crippen LogP contribution in [0.2, 0.25) is 0 Å². The zero-order chi connectivity index (χ0) is 12.0. The van der Waals surface area contributed by atoms with Crippen molar-refractivity contribution in [3.8, 4) is 0 Å². The van der Waals surface area contributed by atoms with Crippen LogP contribution >= 0.6 is 0 Å². The Bertz CT molecular complexity index is 336. The first-order valence-electron chi connectivity index (χ1n) is 5.25. The standard InChI is InChI=1S/C12H18N2O2/c1-12(16,9-14-8-11(15)13-2)10-6-4-3-5-7-10/h3-7,14,16H,8-9H2,1-2H3,(H,13,15). The second kappa shape index (κ2) is 5.63. The lowest BCUT2D eigenvalue weighted by atomic mass is 9.96. The van der Waals surface area contributed by atoms with Gasteiger partial charge in [0.25, 0.3) is 0 Å². The summed E-state index contributed by atoms with van der Waals surface area (Å²) in [5.41, 5.74) is -0.130. The Balaban J connectivity index is 2.49. The maximum Gasteiger partial charge on any atom is 0.233 e. The van der Waals surface area contributed by atoms with Gasteiger partial charge in [-0.3, -0.25) is 4.79 Å². The first-order chi connectivity index (χ1) is 7.56. The Morgan fingerprint density at radius 2 is 2.00 bits per heavy atom. The highest BCUT2D eigenvalue weighted by atomic mass is 16.3. The van der Waals surface area contributed by atoms with E-state index in [2.05, 4.69) is 10.6 Å². The van der Waals surface area contributed by atoms with Crippen LogP contribution in [0.1, 0.15) is 12.5 Å². The predicted octanol–water partition coefficient (Wildman–Crippen LogP) is 0.230. The molecule has 0 heterocycles. The summed E-state index contributed by atoms with van der Waals surface area (Å²) in [7, 11) is 1.58. The largest absolute Gasteiger partial charge is 0.384 e. The van der Waals surface area contributed by atoms with E-state index in [-0.39, 0.29) is 12.5 Å². The number of amides is 1. The highest BCUT2D eigenvalue weighted by Crippen LogP contribution is 2.18. The molecule has 0 radical (unpaired) electrons. The third-order valence-electron chi connectivity index (χ3n) is 2.43. The lowest BCUT2D eigenvalue weighted by Crippen LogP contribution is -2.40. The van der Waals surface area contributed by atoms with Crippen molar-refractivity contribution in [3.05, 3.63) is 35.9 Å². The summed E-state index contributed by atoms with van der Waals surface area (Å²) in [5, 5.41) is 15.6. The molecule has 1 aromatic carbocycles. The summed E-state index contributed by atoms with van der Waals surface area (Å²) in [4.78, 5) is 11.0. The molecule has 0 aliphatic carbocycles. The lowest BCUT2D eigenvalue weighted by molar-refractivity contribution is -0.119. The Kier molecular flexibility index (Phi) is 4.46. The Morgan fingerprint density at radius 1 is 1.38 bits per heavy atom. The first-order valence-corrected chi connectivity index (χ1v) is 5.25. The first kappa shape index (κ1) is 12.7. The van der Waals surface area contributed by atoms with Crippen molar-refractivity contribution in [2.45, 2.75) is 12.5 Å². The van der Waals surface area contributed by atoms with Gasteiger partial charge in [0.05, 0.1) is 12.1 Å². The number of aliphatic hydroxyl groups is 1. The molecule has 4 heteroatoms. The molecule has 4 nitrogen and oxygen atoms in total. The molecular weight excluding hydrogens is 204 g/mol. The molecule has 1 atom stereocenters. The second-order valence-electron chi connectivity index (χ2n) is 3.92. The minimum Gasteiger partial charge on any atom is -0.384 e. The van der Waals surface area contributed by atoms with E-state index in [1.807, 2.05) is 30.3 Å². The summed E-state index contributed by atoms with van der Waals surface area (Å²) in [5.74, 6) is -0.0936. The van der Waals surface area contributed by atoms with E-state index in [1.54, 1.807) is 14.0 Å². The van der Waals surface area contributed by atoms with Crippen molar-refractivity contribution in [3.63, 3.8) is 0 Å². The van der Waals surface area contributed by atoms with Crippen LogP contribution in [-0.4, -0.2) is 31.2 Å². The predicted molar refractivity (Wildman–Crippen MR) is 62.9 cm³/mol. The van der Waals surface area contributed by atoms with Crippen LogP contribution in [0.3, 0.4) is 0 Å². The van der Waals surface area contributed by atoms with Gasteiger partial charge < -0.3 is 15.7 Å². The highest BCUT2D eigenvalue weighted by Gasteiger charge is 2.22. The number of nitrogens with one attached hydrogen (secondary N) is 2. The van der Waals surface area contributed by atoms with Crippen molar-refractivity contribution in [2.24, 2.45) is 0 Å². The highest BCUT2D eigenvalue weighted by molar-refractivity contribution is 5.77. The van der Waals surface area contributed by atoms with Gasteiger partial charge in [0.1, 0.15) is 0 Å².